The third kappa shape index (κ3) is 3.30. The van der Waals surface area contributed by atoms with Gasteiger partial charge < -0.3 is 10.5 Å². The molecule has 2 aromatic carbocycles. The van der Waals surface area contributed by atoms with Crippen molar-refractivity contribution in [3.05, 3.63) is 59.2 Å². The van der Waals surface area contributed by atoms with E-state index in [0.717, 1.165) is 17.7 Å². The van der Waals surface area contributed by atoms with Crippen LogP contribution in [0.25, 0.3) is 0 Å². The van der Waals surface area contributed by atoms with Gasteiger partial charge in [0.15, 0.2) is 0 Å². The SMILES string of the molecule is Cc1ccc(Oc2ccc(C(F)(F)F)cc2CN)cc1. The van der Waals surface area contributed by atoms with E-state index in [-0.39, 0.29) is 6.54 Å². The van der Waals surface area contributed by atoms with Crippen LogP contribution in [-0.2, 0) is 12.7 Å². The molecule has 0 bridgehead atoms. The van der Waals surface area contributed by atoms with Crippen LogP contribution in [0.3, 0.4) is 0 Å². The highest BCUT2D eigenvalue weighted by molar-refractivity contribution is 5.41. The molecule has 0 fully saturated rings. The molecule has 106 valence electrons. The first-order chi connectivity index (χ1) is 9.40. The zero-order valence-electron chi connectivity index (χ0n) is 10.9. The van der Waals surface area contributed by atoms with E-state index in [9.17, 15) is 13.2 Å². The van der Waals surface area contributed by atoms with Crippen LogP contribution in [0.5, 0.6) is 11.5 Å². The Labute approximate surface area is 115 Å². The van der Waals surface area contributed by atoms with Gasteiger partial charge in [0, 0.05) is 12.1 Å². The highest BCUT2D eigenvalue weighted by Gasteiger charge is 2.31. The maximum atomic E-state index is 12.6. The van der Waals surface area contributed by atoms with Gasteiger partial charge in [-0.2, -0.15) is 13.2 Å². The van der Waals surface area contributed by atoms with Crippen LogP contribution < -0.4 is 10.5 Å². The summed E-state index contributed by atoms with van der Waals surface area (Å²) in [6, 6.07) is 10.5. The normalized spacial score (nSPS) is 11.4. The third-order valence-corrected chi connectivity index (χ3v) is 2.86. The predicted molar refractivity (Wildman–Crippen MR) is 70.6 cm³/mol. The Morgan fingerprint density at radius 2 is 1.70 bits per heavy atom. The van der Waals surface area contributed by atoms with Crippen LogP contribution in [0.15, 0.2) is 42.5 Å². The Hall–Kier alpha value is -2.01. The summed E-state index contributed by atoms with van der Waals surface area (Å²) in [5.74, 6) is 0.898. The first-order valence-corrected chi connectivity index (χ1v) is 6.05. The number of aryl methyl sites for hydroxylation is 1. The summed E-state index contributed by atoms with van der Waals surface area (Å²) < 4.78 is 43.5. The lowest BCUT2D eigenvalue weighted by atomic mass is 10.1. The molecule has 20 heavy (non-hydrogen) atoms. The van der Waals surface area contributed by atoms with E-state index in [2.05, 4.69) is 0 Å². The number of halogens is 3. The van der Waals surface area contributed by atoms with Gasteiger partial charge in [-0.25, -0.2) is 0 Å². The van der Waals surface area contributed by atoms with Crippen LogP contribution in [-0.4, -0.2) is 0 Å². The van der Waals surface area contributed by atoms with Gasteiger partial charge in [-0.05, 0) is 37.3 Å². The monoisotopic (exact) mass is 281 g/mol. The highest BCUT2D eigenvalue weighted by atomic mass is 19.4. The first kappa shape index (κ1) is 14.4. The van der Waals surface area contributed by atoms with Gasteiger partial charge in [-0.3, -0.25) is 0 Å². The molecule has 0 aliphatic heterocycles. The van der Waals surface area contributed by atoms with Crippen molar-refractivity contribution in [2.45, 2.75) is 19.6 Å². The third-order valence-electron chi connectivity index (χ3n) is 2.86. The van der Waals surface area contributed by atoms with Gasteiger partial charge in [-0.1, -0.05) is 17.7 Å². The molecule has 0 spiro atoms. The molecule has 0 aromatic heterocycles. The number of rotatable bonds is 3. The van der Waals surface area contributed by atoms with E-state index in [0.29, 0.717) is 17.1 Å². The Morgan fingerprint density at radius 3 is 2.25 bits per heavy atom. The quantitative estimate of drug-likeness (QED) is 0.912. The van der Waals surface area contributed by atoms with Crippen LogP contribution in [0.1, 0.15) is 16.7 Å². The fourth-order valence-corrected chi connectivity index (χ4v) is 1.75. The minimum atomic E-state index is -4.38. The zero-order valence-corrected chi connectivity index (χ0v) is 10.9. The molecule has 0 atom stereocenters. The fourth-order valence-electron chi connectivity index (χ4n) is 1.75. The largest absolute Gasteiger partial charge is 0.457 e. The molecular weight excluding hydrogens is 267 g/mol. The van der Waals surface area contributed by atoms with Gasteiger partial charge in [0.25, 0.3) is 0 Å². The predicted octanol–water partition coefficient (Wildman–Crippen LogP) is 4.26. The summed E-state index contributed by atoms with van der Waals surface area (Å²) >= 11 is 0. The first-order valence-electron chi connectivity index (χ1n) is 6.05. The van der Waals surface area contributed by atoms with Crippen LogP contribution in [0.4, 0.5) is 13.2 Å². The molecule has 2 nitrogen and oxygen atoms in total. The van der Waals surface area contributed by atoms with Crippen molar-refractivity contribution in [2.24, 2.45) is 5.73 Å². The average Bonchev–Trinajstić information content (AvgIpc) is 2.40. The van der Waals surface area contributed by atoms with E-state index in [1.807, 2.05) is 19.1 Å². The Bertz CT molecular complexity index is 591. The number of hydrogen-bond donors (Lipinski definition) is 1. The van der Waals surface area contributed by atoms with E-state index in [1.54, 1.807) is 12.1 Å². The van der Waals surface area contributed by atoms with E-state index < -0.39 is 11.7 Å². The summed E-state index contributed by atoms with van der Waals surface area (Å²) in [6.07, 6.45) is -4.38. The molecule has 0 aliphatic carbocycles. The summed E-state index contributed by atoms with van der Waals surface area (Å²) in [4.78, 5) is 0. The highest BCUT2D eigenvalue weighted by Crippen LogP contribution is 2.34. The second-order valence-electron chi connectivity index (χ2n) is 4.44. The number of alkyl halides is 3. The lowest BCUT2D eigenvalue weighted by Gasteiger charge is -2.13. The molecule has 2 rings (SSSR count). The minimum absolute atomic E-state index is 0.0227. The zero-order chi connectivity index (χ0) is 14.8. The van der Waals surface area contributed by atoms with Gasteiger partial charge in [0.05, 0.1) is 5.56 Å². The lowest BCUT2D eigenvalue weighted by Crippen LogP contribution is -2.08. The summed E-state index contributed by atoms with van der Waals surface area (Å²) in [5, 5.41) is 0. The maximum Gasteiger partial charge on any atom is 0.416 e. The number of benzene rings is 2. The molecule has 0 unspecified atom stereocenters. The molecule has 0 saturated heterocycles. The molecule has 2 aromatic rings. The van der Waals surface area contributed by atoms with Crippen molar-refractivity contribution in [1.29, 1.82) is 0 Å². The second-order valence-corrected chi connectivity index (χ2v) is 4.44. The molecular formula is C15H14F3NO. The number of ether oxygens (including phenoxy) is 1. The van der Waals surface area contributed by atoms with Gasteiger partial charge in [-0.15, -0.1) is 0 Å². The maximum absolute atomic E-state index is 12.6. The molecule has 0 amide bonds. The average molecular weight is 281 g/mol. The molecule has 0 heterocycles. The second kappa shape index (κ2) is 5.54. The molecule has 2 N–H and O–H groups in total. The summed E-state index contributed by atoms with van der Waals surface area (Å²) in [5.41, 5.74) is 6.16. The fraction of sp³-hybridized carbons (Fsp3) is 0.200. The van der Waals surface area contributed by atoms with Gasteiger partial charge in [0.1, 0.15) is 11.5 Å². The van der Waals surface area contributed by atoms with Crippen LogP contribution in [0.2, 0.25) is 0 Å². The summed E-state index contributed by atoms with van der Waals surface area (Å²) in [6.45, 7) is 1.92. The van der Waals surface area contributed by atoms with Crippen LogP contribution >= 0.6 is 0 Å². The number of hydrogen-bond acceptors (Lipinski definition) is 2. The topological polar surface area (TPSA) is 35.2 Å². The van der Waals surface area contributed by atoms with E-state index in [4.69, 9.17) is 10.5 Å². The van der Waals surface area contributed by atoms with Crippen molar-refractivity contribution < 1.29 is 17.9 Å². The Balaban J connectivity index is 2.30. The molecule has 0 saturated carbocycles. The standard InChI is InChI=1S/C15H14F3NO/c1-10-2-5-13(6-3-10)20-14-7-4-12(15(16,17)18)8-11(14)9-19/h2-8H,9,19H2,1H3. The van der Waals surface area contributed by atoms with E-state index in [1.165, 1.54) is 6.07 Å². The minimum Gasteiger partial charge on any atom is -0.457 e. The van der Waals surface area contributed by atoms with Crippen molar-refractivity contribution in [1.82, 2.24) is 0 Å². The van der Waals surface area contributed by atoms with Crippen molar-refractivity contribution in [3.8, 4) is 11.5 Å². The van der Waals surface area contributed by atoms with Crippen molar-refractivity contribution in [3.63, 3.8) is 0 Å². The van der Waals surface area contributed by atoms with Gasteiger partial charge in [0.2, 0.25) is 0 Å². The summed E-state index contributed by atoms with van der Waals surface area (Å²) in [7, 11) is 0. The van der Waals surface area contributed by atoms with Crippen molar-refractivity contribution >= 4 is 0 Å². The Kier molecular flexibility index (Phi) is 3.99. The molecule has 0 radical (unpaired) electrons. The number of nitrogens with two attached hydrogens (primary N) is 1. The lowest BCUT2D eigenvalue weighted by molar-refractivity contribution is -0.137. The van der Waals surface area contributed by atoms with Gasteiger partial charge >= 0.3 is 6.18 Å². The molecule has 5 heteroatoms. The smallest absolute Gasteiger partial charge is 0.416 e. The van der Waals surface area contributed by atoms with E-state index >= 15 is 0 Å². The van der Waals surface area contributed by atoms with Crippen LogP contribution in [0, 0.1) is 6.92 Å². The molecule has 0 aliphatic rings. The Morgan fingerprint density at radius 1 is 1.05 bits per heavy atom. The van der Waals surface area contributed by atoms with Crippen molar-refractivity contribution in [2.75, 3.05) is 0 Å².